The van der Waals surface area contributed by atoms with Crippen molar-refractivity contribution < 1.29 is 14.3 Å². The number of alkyl carbamates (subject to hydrolysis) is 1. The van der Waals surface area contributed by atoms with Crippen LogP contribution in [0.3, 0.4) is 0 Å². The lowest BCUT2D eigenvalue weighted by molar-refractivity contribution is 0.0342. The van der Waals surface area contributed by atoms with E-state index in [0.29, 0.717) is 30.1 Å². The fourth-order valence-electron chi connectivity index (χ4n) is 4.97. The van der Waals surface area contributed by atoms with Gasteiger partial charge in [0.15, 0.2) is 0 Å². The number of rotatable bonds is 9. The average Bonchev–Trinajstić information content (AvgIpc) is 3.69. The minimum absolute atomic E-state index is 0.306. The Morgan fingerprint density at radius 3 is 2.68 bits per heavy atom. The van der Waals surface area contributed by atoms with Gasteiger partial charge in [0.05, 0.1) is 36.1 Å². The molecule has 0 radical (unpaired) electrons. The average molecular weight is 521 g/mol. The highest BCUT2D eigenvalue weighted by atomic mass is 16.6. The van der Waals surface area contributed by atoms with Crippen LogP contribution < -0.4 is 10.6 Å². The minimum Gasteiger partial charge on any atom is -0.444 e. The molecule has 38 heavy (non-hydrogen) atoms. The lowest BCUT2D eigenvalue weighted by Crippen LogP contribution is -2.45. The van der Waals surface area contributed by atoms with Gasteiger partial charge >= 0.3 is 6.09 Å². The second kappa shape index (κ2) is 11.4. The monoisotopic (exact) mass is 520 g/mol. The zero-order chi connectivity index (χ0) is 26.7. The van der Waals surface area contributed by atoms with Gasteiger partial charge in [-0.1, -0.05) is 6.07 Å². The summed E-state index contributed by atoms with van der Waals surface area (Å²) in [6.07, 6.45) is 7.44. The van der Waals surface area contributed by atoms with E-state index in [1.54, 1.807) is 6.20 Å². The van der Waals surface area contributed by atoms with E-state index in [4.69, 9.17) is 19.9 Å². The van der Waals surface area contributed by atoms with E-state index in [1.807, 2.05) is 33.0 Å². The quantitative estimate of drug-likeness (QED) is 0.426. The number of carbonyl (C=O) groups is 1. The molecule has 1 amide bonds. The fourth-order valence-corrected chi connectivity index (χ4v) is 4.97. The summed E-state index contributed by atoms with van der Waals surface area (Å²) in [5.41, 5.74) is 4.66. The van der Waals surface area contributed by atoms with Gasteiger partial charge in [-0.05, 0) is 70.1 Å². The highest BCUT2D eigenvalue weighted by Crippen LogP contribution is 2.35. The van der Waals surface area contributed by atoms with Crippen molar-refractivity contribution in [1.82, 2.24) is 25.5 Å². The van der Waals surface area contributed by atoms with Crippen LogP contribution in [0, 0.1) is 17.2 Å². The van der Waals surface area contributed by atoms with Gasteiger partial charge in [-0.15, -0.1) is 0 Å². The molecule has 9 nitrogen and oxygen atoms in total. The second-order valence-corrected chi connectivity index (χ2v) is 11.8. The number of allylic oxidation sites excluding steroid dienone is 1. The number of fused-ring (bicyclic) bond motifs is 1. The number of aromatic nitrogens is 2. The zero-order valence-corrected chi connectivity index (χ0v) is 22.8. The maximum Gasteiger partial charge on any atom is 0.407 e. The first kappa shape index (κ1) is 26.6. The number of nitrogens with one attached hydrogen (secondary N) is 3. The zero-order valence-electron chi connectivity index (χ0n) is 22.8. The topological polar surface area (TPSA) is 112 Å². The Morgan fingerprint density at radius 1 is 1.21 bits per heavy atom. The summed E-state index contributed by atoms with van der Waals surface area (Å²) >= 11 is 0. The van der Waals surface area contributed by atoms with Gasteiger partial charge < -0.3 is 25.5 Å². The molecule has 2 aliphatic carbocycles. The van der Waals surface area contributed by atoms with E-state index in [0.717, 1.165) is 80.8 Å². The van der Waals surface area contributed by atoms with Crippen LogP contribution in [0.5, 0.6) is 0 Å². The molecule has 0 atom stereocenters. The summed E-state index contributed by atoms with van der Waals surface area (Å²) in [7, 11) is 0. The second-order valence-electron chi connectivity index (χ2n) is 11.8. The number of amides is 1. The maximum absolute atomic E-state index is 11.9. The molecule has 3 N–H and O–H groups in total. The summed E-state index contributed by atoms with van der Waals surface area (Å²) in [5, 5.41) is 15.2. The molecule has 2 heterocycles. The Morgan fingerprint density at radius 2 is 1.97 bits per heavy atom. The van der Waals surface area contributed by atoms with Crippen LogP contribution in [0.1, 0.15) is 57.7 Å². The molecule has 2 saturated carbocycles. The number of hydrogen-bond acceptors (Lipinski definition) is 8. The third kappa shape index (κ3) is 7.08. The Balaban J connectivity index is 1.22. The molecular weight excluding hydrogens is 480 g/mol. The normalized spacial score (nSPS) is 22.6. The first-order valence-electron chi connectivity index (χ1n) is 13.8. The van der Waals surface area contributed by atoms with Crippen molar-refractivity contribution in [3.8, 4) is 0 Å². The van der Waals surface area contributed by atoms with Gasteiger partial charge in [-0.3, -0.25) is 9.88 Å². The van der Waals surface area contributed by atoms with Gasteiger partial charge in [0.1, 0.15) is 5.60 Å². The van der Waals surface area contributed by atoms with Crippen LogP contribution in [0.2, 0.25) is 0 Å². The molecule has 3 aliphatic rings. The van der Waals surface area contributed by atoms with Crippen molar-refractivity contribution in [1.29, 1.82) is 5.41 Å². The first-order valence-corrected chi connectivity index (χ1v) is 13.8. The van der Waals surface area contributed by atoms with Crippen molar-refractivity contribution in [2.24, 2.45) is 11.8 Å². The molecule has 1 aromatic heterocycles. The molecule has 5 rings (SSSR count). The summed E-state index contributed by atoms with van der Waals surface area (Å²) < 4.78 is 10.8. The van der Waals surface area contributed by atoms with Gasteiger partial charge in [0, 0.05) is 55.6 Å². The van der Waals surface area contributed by atoms with Crippen molar-refractivity contribution in [2.45, 2.75) is 64.6 Å². The van der Waals surface area contributed by atoms with Crippen LogP contribution in [-0.2, 0) is 16.0 Å². The third-order valence-electron chi connectivity index (χ3n) is 7.30. The lowest BCUT2D eigenvalue weighted by Gasteiger charge is -2.36. The molecule has 204 valence electrons. The molecule has 1 saturated heterocycles. The first-order chi connectivity index (χ1) is 18.2. The Hall–Kier alpha value is -3.04. The van der Waals surface area contributed by atoms with Gasteiger partial charge in [0.2, 0.25) is 0 Å². The van der Waals surface area contributed by atoms with Crippen LogP contribution in [0.15, 0.2) is 30.6 Å². The molecule has 0 unspecified atom stereocenters. The Kier molecular flexibility index (Phi) is 7.95. The molecule has 0 bridgehead atoms. The van der Waals surface area contributed by atoms with E-state index >= 15 is 0 Å². The summed E-state index contributed by atoms with van der Waals surface area (Å²) in [4.78, 5) is 23.9. The van der Waals surface area contributed by atoms with E-state index in [-0.39, 0.29) is 6.09 Å². The van der Waals surface area contributed by atoms with Gasteiger partial charge in [0.25, 0.3) is 0 Å². The lowest BCUT2D eigenvalue weighted by atomic mass is 9.80. The number of nitrogens with zero attached hydrogens (tertiary/aromatic N) is 3. The molecule has 1 aliphatic heterocycles. The minimum atomic E-state index is -0.489. The summed E-state index contributed by atoms with van der Waals surface area (Å²) in [6, 6.07) is 6.61. The van der Waals surface area contributed by atoms with Crippen molar-refractivity contribution in [3.63, 3.8) is 0 Å². The molecule has 1 aromatic carbocycles. The smallest absolute Gasteiger partial charge is 0.407 e. The van der Waals surface area contributed by atoms with Crippen molar-refractivity contribution >= 4 is 28.4 Å². The van der Waals surface area contributed by atoms with E-state index in [9.17, 15) is 4.79 Å². The van der Waals surface area contributed by atoms with Crippen LogP contribution in [0.4, 0.5) is 4.79 Å². The largest absolute Gasteiger partial charge is 0.444 e. The number of carbonyl (C=O) groups excluding carboxylic acids is 1. The molecule has 0 spiro atoms. The molecule has 2 aromatic rings. The Labute approximate surface area is 224 Å². The maximum atomic E-state index is 11.9. The van der Waals surface area contributed by atoms with Gasteiger partial charge in [-0.25, -0.2) is 9.78 Å². The number of hydrogen-bond donors (Lipinski definition) is 3. The molecule has 9 heteroatoms. The highest BCUT2D eigenvalue weighted by molar-refractivity contribution is 6.23. The number of ether oxygens (including phenoxy) is 2. The van der Waals surface area contributed by atoms with E-state index in [1.165, 1.54) is 5.56 Å². The Bertz CT molecular complexity index is 1190. The van der Waals surface area contributed by atoms with Crippen LogP contribution >= 0.6 is 0 Å². The molecule has 3 fully saturated rings. The predicted octanol–water partition coefficient (Wildman–Crippen LogP) is 4.13. The predicted molar refractivity (Wildman–Crippen MR) is 148 cm³/mol. The fraction of sp³-hybridized carbons (Fsp3) is 0.586. The van der Waals surface area contributed by atoms with Crippen LogP contribution in [-0.4, -0.2) is 71.2 Å². The third-order valence-corrected chi connectivity index (χ3v) is 7.30. The highest BCUT2D eigenvalue weighted by Gasteiger charge is 2.32. The van der Waals surface area contributed by atoms with Crippen molar-refractivity contribution in [2.75, 3.05) is 32.8 Å². The molecular formula is C29H40N6O3. The van der Waals surface area contributed by atoms with Gasteiger partial charge in [-0.2, -0.15) is 0 Å². The van der Waals surface area contributed by atoms with Crippen molar-refractivity contribution in [3.05, 3.63) is 41.9 Å². The summed E-state index contributed by atoms with van der Waals surface area (Å²) in [6.45, 7) is 10.5. The van der Waals surface area contributed by atoms with E-state index < -0.39 is 5.60 Å². The van der Waals surface area contributed by atoms with E-state index in [2.05, 4.69) is 32.7 Å². The van der Waals surface area contributed by atoms with Crippen LogP contribution in [0.25, 0.3) is 16.6 Å². The number of benzene rings is 1. The SMILES string of the molecule is CC(C)(C)OC(=O)NCC1CC(N/C=C(\C(=N)C2CC2)c2cnc3ccc(CN4CCOCC4)cc3n2)C1. The summed E-state index contributed by atoms with van der Waals surface area (Å²) in [5.74, 6) is 0.727. The number of morpholine rings is 1. The standard InChI is InChI=1S/C29H40N6O3/c1-29(2,3)38-28(36)33-15-20-12-22(13-20)31-16-23(27(30)21-5-6-21)26-17-32-24-7-4-19(14-25(24)34-26)18-35-8-10-37-11-9-35/h4,7,14,16-17,20-22,30-31H,5-6,8-13,15,18H2,1-3H3,(H,33,36)/b23-16-,30-27?.